The van der Waals surface area contributed by atoms with Crippen LogP contribution in [0.15, 0.2) is 12.0 Å². The Bertz CT molecular complexity index is 886. The molecule has 0 aliphatic heterocycles. The molecule has 2 bridgehead atoms. The second-order valence-electron chi connectivity index (χ2n) is 11.6. The van der Waals surface area contributed by atoms with Crippen molar-refractivity contribution >= 4 is 31.6 Å². The Balaban J connectivity index is 1.83. The molecule has 7 nitrogen and oxygen atoms in total. The molecule has 1 N–H and O–H groups in total. The van der Waals surface area contributed by atoms with E-state index in [1.807, 2.05) is 26.6 Å². The van der Waals surface area contributed by atoms with Gasteiger partial charge in [-0.25, -0.2) is 0 Å². The van der Waals surface area contributed by atoms with E-state index in [0.717, 1.165) is 6.42 Å². The second kappa shape index (κ2) is 9.59. The lowest BCUT2D eigenvalue weighted by molar-refractivity contribution is -0.157. The summed E-state index contributed by atoms with van der Waals surface area (Å²) in [6, 6.07) is 0. The third-order valence-corrected chi connectivity index (χ3v) is 9.36. The largest absolute Gasteiger partial charge is 0.520 e. The average molecular weight is 493 g/mol. The highest BCUT2D eigenvalue weighted by molar-refractivity contribution is 6.70. The lowest BCUT2D eigenvalue weighted by Crippen LogP contribution is -2.46. The zero-order chi connectivity index (χ0) is 25.6. The molecule has 0 radical (unpaired) electrons. The molecule has 0 amide bonds. The predicted octanol–water partition coefficient (Wildman–Crippen LogP) is 4.47. The quantitative estimate of drug-likeness (QED) is 0.207. The molecule has 8 atom stereocenters. The minimum atomic E-state index is -1.94. The van der Waals surface area contributed by atoms with Gasteiger partial charge < -0.3 is 14.3 Å². The maximum atomic E-state index is 13.2. The number of rotatable bonds is 10. The topological polar surface area (TPSA) is 107 Å². The lowest BCUT2D eigenvalue weighted by atomic mass is 9.60. The van der Waals surface area contributed by atoms with Crippen LogP contribution in [0.2, 0.25) is 19.6 Å². The van der Waals surface area contributed by atoms with Crippen molar-refractivity contribution in [3.05, 3.63) is 12.0 Å². The third-order valence-electron chi connectivity index (χ3n) is 8.54. The fourth-order valence-electron chi connectivity index (χ4n) is 6.91. The van der Waals surface area contributed by atoms with Crippen molar-refractivity contribution < 1.29 is 33.4 Å². The van der Waals surface area contributed by atoms with Gasteiger partial charge in [-0.15, -0.1) is 0 Å². The Hall–Kier alpha value is -1.96. The monoisotopic (exact) mass is 492 g/mol. The van der Waals surface area contributed by atoms with Crippen LogP contribution in [-0.2, 0) is 28.3 Å². The van der Waals surface area contributed by atoms with Crippen LogP contribution in [0, 0.1) is 46.8 Å². The van der Waals surface area contributed by atoms with E-state index < -0.39 is 31.5 Å². The first-order valence-corrected chi connectivity index (χ1v) is 16.0. The maximum Gasteiger partial charge on any atom is 0.310 e. The molecule has 190 valence electrons. The van der Waals surface area contributed by atoms with Crippen molar-refractivity contribution in [2.75, 3.05) is 6.61 Å². The number of carboxylic acids is 1. The number of carboxylic acid groups (broad SMARTS) is 1. The summed E-state index contributed by atoms with van der Waals surface area (Å²) < 4.78 is 11.5. The molecule has 3 aliphatic carbocycles. The van der Waals surface area contributed by atoms with Crippen LogP contribution in [0.1, 0.15) is 53.4 Å². The van der Waals surface area contributed by atoms with E-state index in [4.69, 9.17) is 9.16 Å². The van der Waals surface area contributed by atoms with Crippen LogP contribution in [0.3, 0.4) is 0 Å². The maximum absolute atomic E-state index is 13.2. The minimum absolute atomic E-state index is 0.00573. The summed E-state index contributed by atoms with van der Waals surface area (Å²) in [7, 11) is -1.94. The fourth-order valence-corrected chi connectivity index (χ4v) is 7.64. The van der Waals surface area contributed by atoms with E-state index in [9.17, 15) is 24.3 Å². The molecule has 0 spiro atoms. The average Bonchev–Trinajstić information content (AvgIpc) is 3.37. The summed E-state index contributed by atoms with van der Waals surface area (Å²) in [6.45, 7) is 13.8. The molecule has 3 aliphatic rings. The van der Waals surface area contributed by atoms with E-state index in [2.05, 4.69) is 6.92 Å². The van der Waals surface area contributed by atoms with Gasteiger partial charge in [0.15, 0.2) is 5.78 Å². The van der Waals surface area contributed by atoms with E-state index in [1.54, 1.807) is 13.8 Å². The fraction of sp³-hybridized carbons (Fsp3) is 0.769. The van der Waals surface area contributed by atoms with Crippen molar-refractivity contribution in [3.8, 4) is 0 Å². The predicted molar refractivity (Wildman–Crippen MR) is 129 cm³/mol. The van der Waals surface area contributed by atoms with Gasteiger partial charge in [-0.3, -0.25) is 19.2 Å². The molecule has 3 rings (SSSR count). The molecule has 0 aromatic rings. The van der Waals surface area contributed by atoms with Gasteiger partial charge >= 0.3 is 5.97 Å². The van der Waals surface area contributed by atoms with Gasteiger partial charge in [0.2, 0.25) is 8.32 Å². The van der Waals surface area contributed by atoms with Crippen LogP contribution < -0.4 is 0 Å². The van der Waals surface area contributed by atoms with Gasteiger partial charge in [0, 0.05) is 17.8 Å². The molecular formula is C26H40O7Si. The normalized spacial score (nSPS) is 35.4. The zero-order valence-corrected chi connectivity index (χ0v) is 22.6. The van der Waals surface area contributed by atoms with E-state index in [0.29, 0.717) is 19.4 Å². The summed E-state index contributed by atoms with van der Waals surface area (Å²) in [5.41, 5.74) is -1.26. The Labute approximate surface area is 203 Å². The Morgan fingerprint density at radius 1 is 1.15 bits per heavy atom. The van der Waals surface area contributed by atoms with Crippen LogP contribution in [0.5, 0.6) is 0 Å². The molecule has 34 heavy (non-hydrogen) atoms. The van der Waals surface area contributed by atoms with E-state index in [1.165, 1.54) is 6.08 Å². The number of allylic oxidation sites excluding steroid dienone is 1. The van der Waals surface area contributed by atoms with Crippen LogP contribution >= 0.6 is 0 Å². The van der Waals surface area contributed by atoms with Crippen LogP contribution in [0.25, 0.3) is 0 Å². The van der Waals surface area contributed by atoms with Gasteiger partial charge in [-0.1, -0.05) is 13.8 Å². The van der Waals surface area contributed by atoms with Crippen LogP contribution in [-0.4, -0.2) is 43.3 Å². The lowest BCUT2D eigenvalue weighted by Gasteiger charge is -2.41. The highest BCUT2D eigenvalue weighted by Gasteiger charge is 2.63. The molecule has 3 fully saturated rings. The van der Waals surface area contributed by atoms with Crippen molar-refractivity contribution in [3.63, 3.8) is 0 Å². The highest BCUT2D eigenvalue weighted by atomic mass is 28.4. The number of carbonyl (C=O) groups excluding carboxylic acids is 3. The summed E-state index contributed by atoms with van der Waals surface area (Å²) in [5, 5.41) is 9.94. The molecule has 8 heteroatoms. The molecule has 8 unspecified atom stereocenters. The molecule has 0 aromatic heterocycles. The molecule has 3 saturated carbocycles. The van der Waals surface area contributed by atoms with Gasteiger partial charge in [-0.05, 0) is 76.4 Å². The summed E-state index contributed by atoms with van der Waals surface area (Å²) in [6.07, 6.45) is 3.11. The number of Topliss-reactive ketones (excluding diaryl/α,β-unsaturated/α-hetero) is 2. The first-order chi connectivity index (χ1) is 15.7. The Morgan fingerprint density at radius 3 is 2.29 bits per heavy atom. The summed E-state index contributed by atoms with van der Waals surface area (Å²) >= 11 is 0. The number of ether oxygens (including phenoxy) is 1. The number of fused-ring (bicyclic) bond motifs is 2. The standard InChI is InChI=1S/C26H40O7Si/c1-8-26(4,25(30)31)24-20(29)12-19(28)23(24)22-14(3)16-10-15(22)11-17(16)18(27)13-21(32-9-2)33-34(5,6)7/h13-17,22-24H,8-12H2,1-7H3,(H,30,31). The van der Waals surface area contributed by atoms with Crippen molar-refractivity contribution in [1.82, 2.24) is 0 Å². The van der Waals surface area contributed by atoms with E-state index >= 15 is 0 Å². The molecule has 0 saturated heterocycles. The van der Waals surface area contributed by atoms with Gasteiger partial charge in [-0.2, -0.15) is 0 Å². The summed E-state index contributed by atoms with van der Waals surface area (Å²) in [5.74, 6) is -2.39. The highest BCUT2D eigenvalue weighted by Crippen LogP contribution is 2.61. The van der Waals surface area contributed by atoms with Crippen molar-refractivity contribution in [2.45, 2.75) is 73.0 Å². The van der Waals surface area contributed by atoms with Crippen LogP contribution in [0.4, 0.5) is 0 Å². The number of aliphatic carboxylic acids is 1. The zero-order valence-electron chi connectivity index (χ0n) is 21.6. The molecule has 0 heterocycles. The van der Waals surface area contributed by atoms with Gasteiger partial charge in [0.1, 0.15) is 11.6 Å². The molecule has 0 aromatic carbocycles. The van der Waals surface area contributed by atoms with Crippen molar-refractivity contribution in [1.29, 1.82) is 0 Å². The number of carbonyl (C=O) groups is 4. The number of hydrogen-bond donors (Lipinski definition) is 1. The second-order valence-corrected chi connectivity index (χ2v) is 16.1. The first kappa shape index (κ1) is 26.6. The number of hydrogen-bond acceptors (Lipinski definition) is 6. The summed E-state index contributed by atoms with van der Waals surface area (Å²) in [4.78, 5) is 51.3. The molecular weight excluding hydrogens is 452 g/mol. The first-order valence-electron chi connectivity index (χ1n) is 12.6. The Kier molecular flexibility index (Phi) is 7.51. The van der Waals surface area contributed by atoms with E-state index in [-0.39, 0.29) is 59.3 Å². The minimum Gasteiger partial charge on any atom is -0.520 e. The van der Waals surface area contributed by atoms with Crippen molar-refractivity contribution in [2.24, 2.45) is 46.8 Å². The van der Waals surface area contributed by atoms with Gasteiger partial charge in [0.25, 0.3) is 5.95 Å². The third kappa shape index (κ3) is 4.75. The number of ketones is 3. The Morgan fingerprint density at radius 2 is 1.79 bits per heavy atom. The van der Waals surface area contributed by atoms with Gasteiger partial charge in [0.05, 0.1) is 24.5 Å². The smallest absolute Gasteiger partial charge is 0.310 e. The SMILES string of the molecule is CCOC(=CC(=O)C1CC2CC1C(C)C2C1C(=O)CC(=O)C1C(C)(CC)C(=O)O)O[Si](C)(C)C.